The molecule has 2 aromatic carbocycles. The van der Waals surface area contributed by atoms with E-state index in [0.717, 1.165) is 5.56 Å². The summed E-state index contributed by atoms with van der Waals surface area (Å²) in [4.78, 5) is 38.5. The van der Waals surface area contributed by atoms with E-state index in [2.05, 4.69) is 0 Å². The van der Waals surface area contributed by atoms with Crippen LogP contribution < -0.4 is 9.47 Å². The zero-order valence-electron chi connectivity index (χ0n) is 16.9. The Morgan fingerprint density at radius 1 is 1.17 bits per heavy atom. The molecule has 0 bridgehead atoms. The fraction of sp³-hybridized carbons (Fsp3) is 0.348. The van der Waals surface area contributed by atoms with E-state index < -0.39 is 11.6 Å². The first kappa shape index (κ1) is 20.4. The SMILES string of the molecule is CC(=O)Oc1cccc(C(=O)N2CCC3(CC2)CC(=O)c2cc(Cl)c(C)cc2O3)c1. The average Bonchev–Trinajstić information content (AvgIpc) is 2.69. The number of esters is 1. The van der Waals surface area contributed by atoms with E-state index in [0.29, 0.717) is 53.6 Å². The number of carbonyl (C=O) groups is 3. The molecule has 0 aromatic heterocycles. The minimum absolute atomic E-state index is 0.0204. The van der Waals surface area contributed by atoms with Crippen LogP contribution in [0.15, 0.2) is 36.4 Å². The lowest BCUT2D eigenvalue weighted by atomic mass is 9.82. The number of piperidine rings is 1. The predicted molar refractivity (Wildman–Crippen MR) is 111 cm³/mol. The second-order valence-corrected chi connectivity index (χ2v) is 8.30. The fourth-order valence-electron chi connectivity index (χ4n) is 4.05. The molecule has 0 radical (unpaired) electrons. The summed E-state index contributed by atoms with van der Waals surface area (Å²) in [7, 11) is 0. The highest BCUT2D eigenvalue weighted by molar-refractivity contribution is 6.31. The molecule has 2 aromatic rings. The summed E-state index contributed by atoms with van der Waals surface area (Å²) in [5, 5.41) is 0.554. The Kier molecular flexibility index (Phi) is 5.28. The molecule has 4 rings (SSSR count). The van der Waals surface area contributed by atoms with Crippen LogP contribution in [0.1, 0.15) is 52.5 Å². The normalized spacial score (nSPS) is 17.3. The summed E-state index contributed by atoms with van der Waals surface area (Å²) in [6.45, 7) is 4.15. The summed E-state index contributed by atoms with van der Waals surface area (Å²) < 4.78 is 11.4. The van der Waals surface area contributed by atoms with Gasteiger partial charge in [0, 0.05) is 43.4 Å². The van der Waals surface area contributed by atoms with Crippen LogP contribution in [-0.2, 0) is 4.79 Å². The van der Waals surface area contributed by atoms with E-state index >= 15 is 0 Å². The number of halogens is 1. The Hall–Kier alpha value is -2.86. The molecule has 1 fully saturated rings. The summed E-state index contributed by atoms with van der Waals surface area (Å²) in [5.74, 6) is 0.363. The van der Waals surface area contributed by atoms with Gasteiger partial charge in [-0.3, -0.25) is 14.4 Å². The summed E-state index contributed by atoms with van der Waals surface area (Å²) in [5.41, 5.74) is 1.25. The minimum Gasteiger partial charge on any atom is -0.486 e. The van der Waals surface area contributed by atoms with Gasteiger partial charge in [0.2, 0.25) is 0 Å². The first-order valence-corrected chi connectivity index (χ1v) is 10.2. The third kappa shape index (κ3) is 3.92. The van der Waals surface area contributed by atoms with Crippen molar-refractivity contribution < 1.29 is 23.9 Å². The molecule has 2 aliphatic rings. The number of Topliss-reactive ketones (excluding diaryl/α,β-unsaturated/α-hetero) is 1. The molecule has 1 amide bonds. The van der Waals surface area contributed by atoms with E-state index in [1.807, 2.05) is 13.0 Å². The van der Waals surface area contributed by atoms with Gasteiger partial charge in [0.1, 0.15) is 17.1 Å². The summed E-state index contributed by atoms with van der Waals surface area (Å²) >= 11 is 6.16. The first-order chi connectivity index (χ1) is 14.3. The number of aryl methyl sites for hydroxylation is 1. The van der Waals surface area contributed by atoms with Crippen molar-refractivity contribution in [1.82, 2.24) is 4.90 Å². The second-order valence-electron chi connectivity index (χ2n) is 7.90. The van der Waals surface area contributed by atoms with Crippen molar-refractivity contribution in [3.8, 4) is 11.5 Å². The molecular formula is C23H22ClNO5. The predicted octanol–water partition coefficient (Wildman–Crippen LogP) is 4.21. The lowest BCUT2D eigenvalue weighted by Crippen LogP contribution is -2.52. The Labute approximate surface area is 179 Å². The third-order valence-electron chi connectivity index (χ3n) is 5.67. The fourth-order valence-corrected chi connectivity index (χ4v) is 4.22. The largest absolute Gasteiger partial charge is 0.486 e. The molecule has 0 N–H and O–H groups in total. The molecule has 0 saturated carbocycles. The smallest absolute Gasteiger partial charge is 0.308 e. The number of hydrogen-bond donors (Lipinski definition) is 0. The maximum atomic E-state index is 12.9. The van der Waals surface area contributed by atoms with E-state index in [9.17, 15) is 14.4 Å². The van der Waals surface area contributed by atoms with Gasteiger partial charge in [-0.1, -0.05) is 17.7 Å². The van der Waals surface area contributed by atoms with Gasteiger partial charge in [-0.15, -0.1) is 0 Å². The van der Waals surface area contributed by atoms with Crippen molar-refractivity contribution in [2.24, 2.45) is 0 Å². The van der Waals surface area contributed by atoms with Crippen LogP contribution in [0.3, 0.4) is 0 Å². The lowest BCUT2D eigenvalue weighted by molar-refractivity contribution is -0.131. The maximum absolute atomic E-state index is 12.9. The topological polar surface area (TPSA) is 72.9 Å². The van der Waals surface area contributed by atoms with Crippen molar-refractivity contribution in [3.63, 3.8) is 0 Å². The molecule has 1 saturated heterocycles. The Balaban J connectivity index is 1.47. The van der Waals surface area contributed by atoms with Crippen molar-refractivity contribution in [2.45, 2.75) is 38.7 Å². The van der Waals surface area contributed by atoms with Gasteiger partial charge in [-0.05, 0) is 42.8 Å². The molecule has 0 unspecified atom stereocenters. The maximum Gasteiger partial charge on any atom is 0.308 e. The van der Waals surface area contributed by atoms with Crippen LogP contribution in [0.25, 0.3) is 0 Å². The van der Waals surface area contributed by atoms with Gasteiger partial charge < -0.3 is 14.4 Å². The second kappa shape index (κ2) is 7.76. The standard InChI is InChI=1S/C23H22ClNO5/c1-14-10-21-18(12-19(14)24)20(27)13-23(30-21)6-8-25(9-7-23)22(28)16-4-3-5-17(11-16)29-15(2)26/h3-5,10-12H,6-9,13H2,1-2H3. The Morgan fingerprint density at radius 3 is 2.60 bits per heavy atom. The highest BCUT2D eigenvalue weighted by Gasteiger charge is 2.44. The number of ether oxygens (including phenoxy) is 2. The Morgan fingerprint density at radius 2 is 1.90 bits per heavy atom. The zero-order valence-corrected chi connectivity index (χ0v) is 17.6. The highest BCUT2D eigenvalue weighted by Crippen LogP contribution is 2.41. The molecule has 0 atom stereocenters. The van der Waals surface area contributed by atoms with Crippen molar-refractivity contribution in [1.29, 1.82) is 0 Å². The summed E-state index contributed by atoms with van der Waals surface area (Å²) in [6, 6.07) is 10.1. The van der Waals surface area contributed by atoms with E-state index in [-0.39, 0.29) is 18.1 Å². The van der Waals surface area contributed by atoms with Gasteiger partial charge in [-0.2, -0.15) is 0 Å². The molecule has 7 heteroatoms. The minimum atomic E-state index is -0.597. The van der Waals surface area contributed by atoms with Gasteiger partial charge in [0.15, 0.2) is 5.78 Å². The quantitative estimate of drug-likeness (QED) is 0.530. The van der Waals surface area contributed by atoms with Crippen molar-refractivity contribution in [3.05, 3.63) is 58.1 Å². The third-order valence-corrected chi connectivity index (χ3v) is 6.08. The number of amides is 1. The number of ketones is 1. The molecule has 2 heterocycles. The van der Waals surface area contributed by atoms with Crippen LogP contribution in [0, 0.1) is 6.92 Å². The molecule has 2 aliphatic heterocycles. The van der Waals surface area contributed by atoms with Crippen LogP contribution in [0.5, 0.6) is 11.5 Å². The van der Waals surface area contributed by atoms with Crippen molar-refractivity contribution >= 4 is 29.3 Å². The molecule has 6 nitrogen and oxygen atoms in total. The van der Waals surface area contributed by atoms with Crippen LogP contribution in [0.4, 0.5) is 0 Å². The van der Waals surface area contributed by atoms with Crippen LogP contribution >= 0.6 is 11.6 Å². The molecule has 156 valence electrons. The van der Waals surface area contributed by atoms with Crippen LogP contribution in [0.2, 0.25) is 5.02 Å². The monoisotopic (exact) mass is 427 g/mol. The highest BCUT2D eigenvalue weighted by atomic mass is 35.5. The molecule has 1 spiro atoms. The number of rotatable bonds is 2. The van der Waals surface area contributed by atoms with E-state index in [1.54, 1.807) is 35.2 Å². The van der Waals surface area contributed by atoms with Gasteiger partial charge in [0.05, 0.1) is 12.0 Å². The number of benzene rings is 2. The Bertz CT molecular complexity index is 1040. The first-order valence-electron chi connectivity index (χ1n) is 9.86. The number of fused-ring (bicyclic) bond motifs is 1. The van der Waals surface area contributed by atoms with E-state index in [4.69, 9.17) is 21.1 Å². The van der Waals surface area contributed by atoms with Crippen molar-refractivity contribution in [2.75, 3.05) is 13.1 Å². The number of carbonyl (C=O) groups excluding carboxylic acids is 3. The molecule has 30 heavy (non-hydrogen) atoms. The van der Waals surface area contributed by atoms with Gasteiger partial charge in [-0.25, -0.2) is 0 Å². The van der Waals surface area contributed by atoms with E-state index in [1.165, 1.54) is 6.92 Å². The zero-order chi connectivity index (χ0) is 21.5. The van der Waals surface area contributed by atoms with Gasteiger partial charge in [0.25, 0.3) is 5.91 Å². The summed E-state index contributed by atoms with van der Waals surface area (Å²) in [6.07, 6.45) is 1.41. The van der Waals surface area contributed by atoms with Crippen LogP contribution in [-0.4, -0.2) is 41.3 Å². The number of nitrogens with zero attached hydrogens (tertiary/aromatic N) is 1. The van der Waals surface area contributed by atoms with Gasteiger partial charge >= 0.3 is 5.97 Å². The number of hydrogen-bond acceptors (Lipinski definition) is 5. The average molecular weight is 428 g/mol. The molecular weight excluding hydrogens is 406 g/mol. The molecule has 0 aliphatic carbocycles. The lowest BCUT2D eigenvalue weighted by Gasteiger charge is -2.44. The number of likely N-dealkylation sites (tertiary alicyclic amines) is 1.